The van der Waals surface area contributed by atoms with Crippen molar-refractivity contribution in [2.45, 2.75) is 29.6 Å². The van der Waals surface area contributed by atoms with Crippen LogP contribution in [0.3, 0.4) is 0 Å². The van der Waals surface area contributed by atoms with Crippen LogP contribution < -0.4 is 10.1 Å². The van der Waals surface area contributed by atoms with Gasteiger partial charge in [0.2, 0.25) is 0 Å². The summed E-state index contributed by atoms with van der Waals surface area (Å²) in [6.45, 7) is 3.02. The van der Waals surface area contributed by atoms with E-state index in [4.69, 9.17) is 4.74 Å². The zero-order chi connectivity index (χ0) is 24.2. The molecule has 0 unspecified atom stereocenters. The second kappa shape index (κ2) is 10.5. The molecule has 0 bridgehead atoms. The molecule has 0 radical (unpaired) electrons. The number of likely N-dealkylation sites (tertiary alicyclic amines) is 1. The molecule has 0 aliphatic carbocycles. The van der Waals surface area contributed by atoms with Crippen molar-refractivity contribution in [2.24, 2.45) is 0 Å². The molecular formula is C23H21N3O5S3. The Morgan fingerprint density at radius 1 is 1.15 bits per heavy atom. The van der Waals surface area contributed by atoms with Crippen molar-refractivity contribution in [3.8, 4) is 5.75 Å². The molecule has 0 spiro atoms. The summed E-state index contributed by atoms with van der Waals surface area (Å²) in [4.78, 5) is 43.1. The topological polar surface area (TPSA) is 109 Å². The lowest BCUT2D eigenvalue weighted by atomic mass is 10.0. The van der Waals surface area contributed by atoms with Gasteiger partial charge in [0.1, 0.15) is 22.9 Å². The van der Waals surface area contributed by atoms with E-state index in [1.54, 1.807) is 38.1 Å². The van der Waals surface area contributed by atoms with E-state index in [-0.39, 0.29) is 12.3 Å². The van der Waals surface area contributed by atoms with Gasteiger partial charge < -0.3 is 15.2 Å². The molecule has 0 saturated carbocycles. The number of carboxylic acids is 1. The molecule has 8 nitrogen and oxygen atoms in total. The molecule has 1 aliphatic heterocycles. The lowest BCUT2D eigenvalue weighted by Gasteiger charge is -2.46. The zero-order valence-electron chi connectivity index (χ0n) is 18.3. The first-order chi connectivity index (χ1) is 16.3. The number of para-hydroxylation sites is 2. The average molecular weight is 516 g/mol. The van der Waals surface area contributed by atoms with Crippen molar-refractivity contribution >= 4 is 60.9 Å². The number of aromatic nitrogens is 1. The third-order valence-electron chi connectivity index (χ3n) is 4.88. The quantitative estimate of drug-likeness (QED) is 0.249. The van der Waals surface area contributed by atoms with E-state index < -0.39 is 29.2 Å². The van der Waals surface area contributed by atoms with Crippen LogP contribution in [0.25, 0.3) is 10.2 Å². The fourth-order valence-electron chi connectivity index (χ4n) is 3.35. The molecule has 1 aliphatic rings. The van der Waals surface area contributed by atoms with Gasteiger partial charge >= 0.3 is 5.97 Å². The van der Waals surface area contributed by atoms with E-state index in [2.05, 4.69) is 10.3 Å². The van der Waals surface area contributed by atoms with Gasteiger partial charge in [0.15, 0.2) is 10.9 Å². The monoisotopic (exact) mass is 515 g/mol. The Morgan fingerprint density at radius 2 is 1.85 bits per heavy atom. The number of carboxylic acid groups (broad SMARTS) is 1. The van der Waals surface area contributed by atoms with E-state index in [9.17, 15) is 19.5 Å². The number of nitrogens with zero attached hydrogens (tertiary/aromatic N) is 2. The van der Waals surface area contributed by atoms with Crippen LogP contribution in [0.1, 0.15) is 13.8 Å². The molecule has 1 aromatic heterocycles. The van der Waals surface area contributed by atoms with Gasteiger partial charge in [0.25, 0.3) is 11.8 Å². The summed E-state index contributed by atoms with van der Waals surface area (Å²) in [6.07, 6.45) is 0. The van der Waals surface area contributed by atoms with Gasteiger partial charge in [-0.1, -0.05) is 41.1 Å². The molecule has 176 valence electrons. The van der Waals surface area contributed by atoms with E-state index in [1.165, 1.54) is 37.8 Å². The van der Waals surface area contributed by atoms with Crippen LogP contribution in [0.2, 0.25) is 0 Å². The van der Waals surface area contributed by atoms with Gasteiger partial charge in [0.05, 0.1) is 10.2 Å². The highest BCUT2D eigenvalue weighted by atomic mass is 33.1. The molecular weight excluding hydrogens is 494 g/mol. The smallest absolute Gasteiger partial charge is 0.352 e. The van der Waals surface area contributed by atoms with Crippen molar-refractivity contribution in [1.29, 1.82) is 0 Å². The summed E-state index contributed by atoms with van der Waals surface area (Å²) in [7, 11) is 2.64. The number of aliphatic carboxylic acids is 1. The number of nitrogens with one attached hydrogen (secondary N) is 1. The van der Waals surface area contributed by atoms with Gasteiger partial charge in [-0.2, -0.15) is 0 Å². The number of β-lactam (4-membered cyclic amide) rings is 1. The summed E-state index contributed by atoms with van der Waals surface area (Å²) >= 11 is 1.51. The number of rotatable bonds is 9. The number of benzene rings is 2. The Kier molecular flexibility index (Phi) is 7.44. The molecule has 2 amide bonds. The highest BCUT2D eigenvalue weighted by Gasteiger charge is 2.52. The Labute approximate surface area is 207 Å². The molecule has 11 heteroatoms. The van der Waals surface area contributed by atoms with E-state index in [1.807, 2.05) is 30.3 Å². The van der Waals surface area contributed by atoms with Crippen LogP contribution in [0.5, 0.6) is 5.75 Å². The fraction of sp³-hybridized carbons (Fsp3) is 0.217. The van der Waals surface area contributed by atoms with Crippen LogP contribution in [0, 0.1) is 0 Å². The molecule has 1 saturated heterocycles. The molecule has 1 fully saturated rings. The largest absolute Gasteiger partial charge is 0.484 e. The number of carbonyl (C=O) groups is 3. The number of fused-ring (bicyclic) bond motifs is 1. The standard InChI is InChI=1S/C23H21N3O5S3/c1-13(2)19(22(29)30)26-20(28)18(25-17(27)12-31-14-8-4-3-5-9-14)21(26)33-34-23-24-15-10-6-7-11-16(15)32-23/h3-11,18,21H,12H2,1-2H3,(H,25,27)(H,29,30)/t18-,21-/m1/s1. The molecule has 2 heterocycles. The maximum absolute atomic E-state index is 12.9. The van der Waals surface area contributed by atoms with Crippen molar-refractivity contribution in [2.75, 3.05) is 6.61 Å². The minimum atomic E-state index is -1.19. The molecule has 3 aromatic rings. The van der Waals surface area contributed by atoms with E-state index in [0.717, 1.165) is 14.6 Å². The fourth-order valence-corrected chi connectivity index (χ4v) is 7.26. The van der Waals surface area contributed by atoms with Crippen molar-refractivity contribution in [3.05, 3.63) is 65.9 Å². The number of amides is 2. The molecule has 34 heavy (non-hydrogen) atoms. The number of thiazole rings is 1. The predicted octanol–water partition coefficient (Wildman–Crippen LogP) is 4.15. The van der Waals surface area contributed by atoms with Crippen LogP contribution >= 0.6 is 32.9 Å². The van der Waals surface area contributed by atoms with Crippen molar-refractivity contribution in [3.63, 3.8) is 0 Å². The SMILES string of the molecule is CC(C)=C(C(=O)O)N1C(=O)[C@@H](NC(=O)COc2ccccc2)[C@H]1SSc1nc2ccccc2s1. The summed E-state index contributed by atoms with van der Waals surface area (Å²) in [5.74, 6) is -1.60. The van der Waals surface area contributed by atoms with Crippen LogP contribution in [-0.2, 0) is 14.4 Å². The Bertz CT molecular complexity index is 1220. The maximum atomic E-state index is 12.9. The van der Waals surface area contributed by atoms with Crippen molar-refractivity contribution in [1.82, 2.24) is 15.2 Å². The summed E-state index contributed by atoms with van der Waals surface area (Å²) in [6, 6.07) is 15.7. The molecule has 2 atom stereocenters. The summed E-state index contributed by atoms with van der Waals surface area (Å²) in [5.41, 5.74) is 1.28. The van der Waals surface area contributed by atoms with Gasteiger partial charge in [-0.15, -0.1) is 11.3 Å². The number of ether oxygens (including phenoxy) is 1. The maximum Gasteiger partial charge on any atom is 0.352 e. The lowest BCUT2D eigenvalue weighted by Crippen LogP contribution is -2.69. The third-order valence-corrected chi connectivity index (χ3v) is 8.89. The highest BCUT2D eigenvalue weighted by molar-refractivity contribution is 8.77. The zero-order valence-corrected chi connectivity index (χ0v) is 20.7. The van der Waals surface area contributed by atoms with Crippen LogP contribution in [0.4, 0.5) is 0 Å². The summed E-state index contributed by atoms with van der Waals surface area (Å²) in [5, 5.41) is 11.8. The van der Waals surface area contributed by atoms with E-state index in [0.29, 0.717) is 11.3 Å². The minimum absolute atomic E-state index is 0.0848. The Balaban J connectivity index is 1.48. The summed E-state index contributed by atoms with van der Waals surface area (Å²) < 4.78 is 7.27. The van der Waals surface area contributed by atoms with Gasteiger partial charge in [0, 0.05) is 0 Å². The Morgan fingerprint density at radius 3 is 2.53 bits per heavy atom. The number of allylic oxidation sites excluding steroid dienone is 1. The normalized spacial score (nSPS) is 17.2. The number of hydrogen-bond donors (Lipinski definition) is 2. The third kappa shape index (κ3) is 5.21. The second-order valence-corrected chi connectivity index (χ2v) is 11.1. The second-order valence-electron chi connectivity index (χ2n) is 7.53. The first-order valence-electron chi connectivity index (χ1n) is 10.2. The lowest BCUT2D eigenvalue weighted by molar-refractivity contribution is -0.150. The van der Waals surface area contributed by atoms with Crippen LogP contribution in [0.15, 0.2) is 70.2 Å². The Hall–Kier alpha value is -3.02. The number of carbonyl (C=O) groups excluding carboxylic acids is 2. The molecule has 2 aromatic carbocycles. The first kappa shape index (κ1) is 24.1. The van der Waals surface area contributed by atoms with E-state index >= 15 is 0 Å². The average Bonchev–Trinajstić information content (AvgIpc) is 3.24. The van der Waals surface area contributed by atoms with Gasteiger partial charge in [-0.05, 0) is 54.5 Å². The predicted molar refractivity (Wildman–Crippen MR) is 134 cm³/mol. The van der Waals surface area contributed by atoms with Crippen LogP contribution in [-0.4, -0.2) is 50.8 Å². The minimum Gasteiger partial charge on any atom is -0.484 e. The number of hydrogen-bond acceptors (Lipinski definition) is 8. The van der Waals surface area contributed by atoms with Gasteiger partial charge in [-0.25, -0.2) is 9.78 Å². The first-order valence-corrected chi connectivity index (χ1v) is 13.3. The van der Waals surface area contributed by atoms with Crippen molar-refractivity contribution < 1.29 is 24.2 Å². The molecule has 2 N–H and O–H groups in total. The highest BCUT2D eigenvalue weighted by Crippen LogP contribution is 2.45. The van der Waals surface area contributed by atoms with Gasteiger partial charge in [-0.3, -0.25) is 14.5 Å². The molecule has 4 rings (SSSR count).